The molecule has 1 aromatic carbocycles. The van der Waals surface area contributed by atoms with Crippen molar-refractivity contribution in [2.24, 2.45) is 5.92 Å². The molecule has 5 nitrogen and oxygen atoms in total. The smallest absolute Gasteiger partial charge is 0.0945 e. The standard InChI is InChI=1S/C18H22N4O/c23-18-8-13(11-22-6-5-19-12-22)7-17(18)20-10-15-9-14-3-1-2-4-16(14)21-15/h1-6,9,12-13,17-18,20-21,23H,7-8,10-11H2/t13?,17-,18-/m1/s1. The normalized spacial score (nSPS) is 24.5. The van der Waals surface area contributed by atoms with Gasteiger partial charge in [-0.05, 0) is 36.3 Å². The van der Waals surface area contributed by atoms with Crippen molar-refractivity contribution in [3.63, 3.8) is 0 Å². The maximum Gasteiger partial charge on any atom is 0.0945 e. The third kappa shape index (κ3) is 3.16. The Kier molecular flexibility index (Phi) is 3.89. The Balaban J connectivity index is 1.35. The molecule has 0 aliphatic heterocycles. The predicted octanol–water partition coefficient (Wildman–Crippen LogP) is 2.29. The van der Waals surface area contributed by atoms with E-state index in [9.17, 15) is 5.11 Å². The van der Waals surface area contributed by atoms with Crippen LogP contribution >= 0.6 is 0 Å². The topological polar surface area (TPSA) is 65.9 Å². The highest BCUT2D eigenvalue weighted by molar-refractivity contribution is 5.80. The number of aliphatic hydroxyl groups is 1. The van der Waals surface area contributed by atoms with Gasteiger partial charge >= 0.3 is 0 Å². The fourth-order valence-electron chi connectivity index (χ4n) is 3.65. The van der Waals surface area contributed by atoms with E-state index in [2.05, 4.69) is 44.1 Å². The quantitative estimate of drug-likeness (QED) is 0.677. The number of nitrogens with one attached hydrogen (secondary N) is 2. The van der Waals surface area contributed by atoms with Crippen molar-refractivity contribution in [2.45, 2.75) is 38.1 Å². The second-order valence-electron chi connectivity index (χ2n) is 6.53. The number of nitrogens with zero attached hydrogens (tertiary/aromatic N) is 2. The Morgan fingerprint density at radius 2 is 2.22 bits per heavy atom. The summed E-state index contributed by atoms with van der Waals surface area (Å²) in [5, 5.41) is 15.1. The summed E-state index contributed by atoms with van der Waals surface area (Å²) in [7, 11) is 0. The molecular formula is C18H22N4O. The zero-order chi connectivity index (χ0) is 15.6. The highest BCUT2D eigenvalue weighted by Crippen LogP contribution is 2.28. The van der Waals surface area contributed by atoms with Crippen molar-refractivity contribution < 1.29 is 5.11 Å². The van der Waals surface area contributed by atoms with Crippen LogP contribution in [-0.2, 0) is 13.1 Å². The van der Waals surface area contributed by atoms with Crippen LogP contribution in [0.4, 0.5) is 0 Å². The maximum absolute atomic E-state index is 10.3. The summed E-state index contributed by atoms with van der Waals surface area (Å²) in [6.45, 7) is 1.69. The van der Waals surface area contributed by atoms with E-state index in [1.165, 1.54) is 5.39 Å². The van der Waals surface area contributed by atoms with Gasteiger partial charge in [0.2, 0.25) is 0 Å². The number of fused-ring (bicyclic) bond motifs is 1. The molecule has 0 spiro atoms. The molecule has 0 saturated heterocycles. The van der Waals surface area contributed by atoms with Crippen LogP contribution in [0.1, 0.15) is 18.5 Å². The fourth-order valence-corrected chi connectivity index (χ4v) is 3.65. The van der Waals surface area contributed by atoms with Crippen LogP contribution in [0.25, 0.3) is 10.9 Å². The van der Waals surface area contributed by atoms with Gasteiger partial charge in [0.15, 0.2) is 0 Å². The molecule has 0 radical (unpaired) electrons. The lowest BCUT2D eigenvalue weighted by Gasteiger charge is -2.15. The first-order valence-corrected chi connectivity index (χ1v) is 8.22. The van der Waals surface area contributed by atoms with Crippen LogP contribution < -0.4 is 5.32 Å². The van der Waals surface area contributed by atoms with Gasteiger partial charge in [0.1, 0.15) is 0 Å². The average Bonchev–Trinajstić information content (AvgIpc) is 3.25. The molecule has 4 rings (SSSR count). The first kappa shape index (κ1) is 14.5. The van der Waals surface area contributed by atoms with Crippen LogP contribution in [0.5, 0.6) is 0 Å². The second kappa shape index (κ2) is 6.18. The average molecular weight is 310 g/mol. The Morgan fingerprint density at radius 3 is 3.04 bits per heavy atom. The minimum Gasteiger partial charge on any atom is -0.391 e. The zero-order valence-corrected chi connectivity index (χ0v) is 13.0. The van der Waals surface area contributed by atoms with Gasteiger partial charge in [0, 0.05) is 42.7 Å². The second-order valence-corrected chi connectivity index (χ2v) is 6.53. The van der Waals surface area contributed by atoms with Crippen molar-refractivity contribution in [1.82, 2.24) is 19.9 Å². The molecule has 3 aromatic rings. The molecule has 23 heavy (non-hydrogen) atoms. The van der Waals surface area contributed by atoms with Gasteiger partial charge in [-0.1, -0.05) is 18.2 Å². The number of H-pyrrole nitrogens is 1. The Bertz CT molecular complexity index is 731. The molecule has 1 unspecified atom stereocenters. The molecule has 120 valence electrons. The van der Waals surface area contributed by atoms with E-state index in [0.29, 0.717) is 5.92 Å². The van der Waals surface area contributed by atoms with Gasteiger partial charge < -0.3 is 20.0 Å². The molecule has 2 aromatic heterocycles. The van der Waals surface area contributed by atoms with E-state index < -0.39 is 0 Å². The van der Waals surface area contributed by atoms with Crippen molar-refractivity contribution in [1.29, 1.82) is 0 Å². The summed E-state index contributed by atoms with van der Waals surface area (Å²) in [4.78, 5) is 7.51. The number of hydrogen-bond donors (Lipinski definition) is 3. The highest BCUT2D eigenvalue weighted by atomic mass is 16.3. The van der Waals surface area contributed by atoms with E-state index in [4.69, 9.17) is 0 Å². The lowest BCUT2D eigenvalue weighted by atomic mass is 10.1. The number of hydrogen-bond acceptors (Lipinski definition) is 3. The van der Waals surface area contributed by atoms with Crippen molar-refractivity contribution in [2.75, 3.05) is 0 Å². The van der Waals surface area contributed by atoms with Gasteiger partial charge in [-0.3, -0.25) is 0 Å². The van der Waals surface area contributed by atoms with Crippen LogP contribution in [0.3, 0.4) is 0 Å². The number of aliphatic hydroxyl groups excluding tert-OH is 1. The lowest BCUT2D eigenvalue weighted by molar-refractivity contribution is 0.145. The molecular weight excluding hydrogens is 288 g/mol. The van der Waals surface area contributed by atoms with Crippen molar-refractivity contribution in [3.05, 3.63) is 54.7 Å². The van der Waals surface area contributed by atoms with Crippen LogP contribution in [-0.4, -0.2) is 31.8 Å². The van der Waals surface area contributed by atoms with Gasteiger partial charge in [-0.15, -0.1) is 0 Å². The fraction of sp³-hybridized carbons (Fsp3) is 0.389. The monoisotopic (exact) mass is 310 g/mol. The summed E-state index contributed by atoms with van der Waals surface area (Å²) in [6.07, 6.45) is 7.21. The van der Waals surface area contributed by atoms with Gasteiger partial charge in [-0.25, -0.2) is 4.98 Å². The summed E-state index contributed by atoms with van der Waals surface area (Å²) in [5.41, 5.74) is 2.32. The SMILES string of the molecule is O[C@@H]1CC(Cn2ccnc2)C[C@H]1NCc1cc2ccccc2[nH]1. The largest absolute Gasteiger partial charge is 0.391 e. The molecule has 0 bridgehead atoms. The molecule has 3 N–H and O–H groups in total. The van der Waals surface area contributed by atoms with Crippen LogP contribution in [0.15, 0.2) is 49.1 Å². The van der Waals surface area contributed by atoms with Gasteiger partial charge in [0.25, 0.3) is 0 Å². The predicted molar refractivity (Wildman–Crippen MR) is 89.9 cm³/mol. The molecule has 5 heteroatoms. The zero-order valence-electron chi connectivity index (χ0n) is 13.0. The number of imidazole rings is 1. The summed E-state index contributed by atoms with van der Waals surface area (Å²) < 4.78 is 2.09. The first-order valence-electron chi connectivity index (χ1n) is 8.22. The van der Waals surface area contributed by atoms with E-state index >= 15 is 0 Å². The van der Waals surface area contributed by atoms with E-state index in [1.54, 1.807) is 6.20 Å². The van der Waals surface area contributed by atoms with E-state index in [0.717, 1.165) is 37.1 Å². The number of para-hydroxylation sites is 1. The maximum atomic E-state index is 10.3. The minimum atomic E-state index is -0.270. The van der Waals surface area contributed by atoms with Crippen molar-refractivity contribution >= 4 is 10.9 Å². The molecule has 1 aliphatic carbocycles. The third-order valence-corrected chi connectivity index (χ3v) is 4.80. The number of benzene rings is 1. The van der Waals surface area contributed by atoms with E-state index in [1.807, 2.05) is 18.6 Å². The Hall–Kier alpha value is -2.11. The third-order valence-electron chi connectivity index (χ3n) is 4.80. The molecule has 2 heterocycles. The summed E-state index contributed by atoms with van der Waals surface area (Å²) in [5.74, 6) is 0.499. The van der Waals surface area contributed by atoms with Gasteiger partial charge in [-0.2, -0.15) is 0 Å². The molecule has 1 aliphatic rings. The number of aromatic amines is 1. The molecule has 1 saturated carbocycles. The highest BCUT2D eigenvalue weighted by Gasteiger charge is 2.32. The number of aromatic nitrogens is 3. The van der Waals surface area contributed by atoms with E-state index in [-0.39, 0.29) is 12.1 Å². The van der Waals surface area contributed by atoms with Crippen LogP contribution in [0.2, 0.25) is 0 Å². The summed E-state index contributed by atoms with van der Waals surface area (Å²) >= 11 is 0. The molecule has 3 atom stereocenters. The van der Waals surface area contributed by atoms with Crippen LogP contribution in [0, 0.1) is 5.92 Å². The number of rotatable bonds is 5. The molecule has 1 fully saturated rings. The first-order chi connectivity index (χ1) is 11.3. The lowest BCUT2D eigenvalue weighted by Crippen LogP contribution is -2.35. The van der Waals surface area contributed by atoms with Gasteiger partial charge in [0.05, 0.1) is 12.4 Å². The Morgan fingerprint density at radius 1 is 1.30 bits per heavy atom. The molecule has 0 amide bonds. The Labute approximate surface area is 135 Å². The minimum absolute atomic E-state index is 0.162. The summed E-state index contributed by atoms with van der Waals surface area (Å²) in [6, 6.07) is 10.6. The van der Waals surface area contributed by atoms with Crippen molar-refractivity contribution in [3.8, 4) is 0 Å².